The second-order valence-electron chi connectivity index (χ2n) is 7.04. The van der Waals surface area contributed by atoms with Gasteiger partial charge in [0.15, 0.2) is 0 Å². The molecule has 1 unspecified atom stereocenters. The van der Waals surface area contributed by atoms with Crippen LogP contribution < -0.4 is 5.32 Å². The Morgan fingerprint density at radius 1 is 1.26 bits per heavy atom. The topological polar surface area (TPSA) is 52.7 Å². The lowest BCUT2D eigenvalue weighted by molar-refractivity contribution is -0.146. The van der Waals surface area contributed by atoms with E-state index < -0.39 is 0 Å². The predicted molar refractivity (Wildman–Crippen MR) is 94.7 cm³/mol. The van der Waals surface area contributed by atoms with Crippen molar-refractivity contribution in [3.8, 4) is 0 Å². The van der Waals surface area contributed by atoms with Crippen LogP contribution in [0.2, 0.25) is 0 Å². The van der Waals surface area contributed by atoms with Crippen molar-refractivity contribution in [1.82, 2.24) is 15.1 Å². The molecular weight excluding hydrogens is 314 g/mol. The maximum atomic E-state index is 12.9. The Morgan fingerprint density at radius 3 is 2.39 bits per heavy atom. The van der Waals surface area contributed by atoms with Crippen molar-refractivity contribution >= 4 is 24.2 Å². The van der Waals surface area contributed by atoms with Gasteiger partial charge in [-0.05, 0) is 51.1 Å². The number of carbonyl (C=O) groups excluding carboxylic acids is 2. The van der Waals surface area contributed by atoms with Crippen LogP contribution in [0.1, 0.15) is 46.0 Å². The summed E-state index contributed by atoms with van der Waals surface area (Å²) in [4.78, 5) is 28.8. The summed E-state index contributed by atoms with van der Waals surface area (Å²) in [7, 11) is 1.99. The first-order chi connectivity index (χ1) is 10.5. The molecule has 23 heavy (non-hydrogen) atoms. The largest absolute Gasteiger partial charge is 0.341 e. The molecule has 2 aliphatic heterocycles. The predicted octanol–water partition coefficient (Wildman–Crippen LogP) is 1.90. The van der Waals surface area contributed by atoms with E-state index in [1.165, 1.54) is 6.42 Å². The summed E-state index contributed by atoms with van der Waals surface area (Å²) >= 11 is 0. The van der Waals surface area contributed by atoms with Crippen molar-refractivity contribution in [3.05, 3.63) is 0 Å². The number of hydrogen-bond acceptors (Lipinski definition) is 3. The number of piperidine rings is 1. The number of amides is 2. The van der Waals surface area contributed by atoms with Crippen molar-refractivity contribution < 1.29 is 9.59 Å². The smallest absolute Gasteiger partial charge is 0.245 e. The highest BCUT2D eigenvalue weighted by atomic mass is 35.5. The van der Waals surface area contributed by atoms with Gasteiger partial charge in [-0.2, -0.15) is 0 Å². The van der Waals surface area contributed by atoms with Gasteiger partial charge in [0.05, 0.1) is 0 Å². The number of rotatable bonds is 6. The van der Waals surface area contributed by atoms with Gasteiger partial charge in [0, 0.05) is 26.1 Å². The molecule has 0 bridgehead atoms. The molecule has 6 heteroatoms. The van der Waals surface area contributed by atoms with Crippen molar-refractivity contribution in [2.45, 2.75) is 52.0 Å². The lowest BCUT2D eigenvalue weighted by atomic mass is 9.92. The van der Waals surface area contributed by atoms with Crippen LogP contribution in [0.5, 0.6) is 0 Å². The summed E-state index contributed by atoms with van der Waals surface area (Å²) in [5.41, 5.74) is 0. The third-order valence-electron chi connectivity index (χ3n) is 5.06. The number of carbonyl (C=O) groups is 2. The molecule has 0 saturated carbocycles. The van der Waals surface area contributed by atoms with Gasteiger partial charge in [0.25, 0.3) is 0 Å². The SMILES string of the molecule is CNCCC1CCN(C(=O)C(C(C)C)N2CCCC2=O)CC1.Cl. The van der Waals surface area contributed by atoms with E-state index in [0.29, 0.717) is 6.42 Å². The summed E-state index contributed by atoms with van der Waals surface area (Å²) in [5, 5.41) is 3.20. The molecule has 0 aromatic rings. The van der Waals surface area contributed by atoms with Crippen LogP contribution in [0.3, 0.4) is 0 Å². The highest BCUT2D eigenvalue weighted by Gasteiger charge is 2.37. The van der Waals surface area contributed by atoms with Crippen molar-refractivity contribution in [2.75, 3.05) is 33.2 Å². The van der Waals surface area contributed by atoms with Gasteiger partial charge in [-0.15, -0.1) is 12.4 Å². The molecule has 0 aromatic heterocycles. The maximum absolute atomic E-state index is 12.9. The van der Waals surface area contributed by atoms with Crippen molar-refractivity contribution in [1.29, 1.82) is 0 Å². The fourth-order valence-corrected chi connectivity index (χ4v) is 3.72. The molecular formula is C17H32ClN3O2. The fourth-order valence-electron chi connectivity index (χ4n) is 3.72. The van der Waals surface area contributed by atoms with Gasteiger partial charge in [-0.1, -0.05) is 13.8 Å². The van der Waals surface area contributed by atoms with Crippen LogP contribution in [0.25, 0.3) is 0 Å². The van der Waals surface area contributed by atoms with E-state index in [9.17, 15) is 9.59 Å². The Bertz CT molecular complexity index is 395. The quantitative estimate of drug-likeness (QED) is 0.800. The van der Waals surface area contributed by atoms with Gasteiger partial charge in [0.1, 0.15) is 6.04 Å². The zero-order valence-electron chi connectivity index (χ0n) is 14.7. The Kier molecular flexibility index (Phi) is 8.34. The second-order valence-corrected chi connectivity index (χ2v) is 7.04. The third kappa shape index (κ3) is 5.08. The maximum Gasteiger partial charge on any atom is 0.245 e. The van der Waals surface area contributed by atoms with Gasteiger partial charge >= 0.3 is 0 Å². The molecule has 0 aliphatic carbocycles. The molecule has 1 atom stereocenters. The normalized spacial score (nSPS) is 20.8. The number of hydrogen-bond donors (Lipinski definition) is 1. The van der Waals surface area contributed by atoms with E-state index >= 15 is 0 Å². The first-order valence-electron chi connectivity index (χ1n) is 8.77. The van der Waals surface area contributed by atoms with E-state index in [4.69, 9.17) is 0 Å². The molecule has 2 saturated heterocycles. The van der Waals surface area contributed by atoms with Gasteiger partial charge in [-0.25, -0.2) is 0 Å². The van der Waals surface area contributed by atoms with Crippen molar-refractivity contribution in [3.63, 3.8) is 0 Å². The molecule has 5 nitrogen and oxygen atoms in total. The fraction of sp³-hybridized carbons (Fsp3) is 0.882. The first-order valence-corrected chi connectivity index (χ1v) is 8.77. The van der Waals surface area contributed by atoms with Crippen LogP contribution in [0, 0.1) is 11.8 Å². The minimum absolute atomic E-state index is 0. The second kappa shape index (κ2) is 9.48. The average Bonchev–Trinajstić information content (AvgIpc) is 2.91. The molecule has 2 aliphatic rings. The molecule has 2 fully saturated rings. The Morgan fingerprint density at radius 2 is 1.91 bits per heavy atom. The third-order valence-corrected chi connectivity index (χ3v) is 5.06. The number of halogens is 1. The Hall–Kier alpha value is -0.810. The molecule has 0 spiro atoms. The zero-order valence-corrected chi connectivity index (χ0v) is 15.5. The monoisotopic (exact) mass is 345 g/mol. The number of likely N-dealkylation sites (tertiary alicyclic amines) is 2. The first kappa shape index (κ1) is 20.2. The highest BCUT2D eigenvalue weighted by molar-refractivity contribution is 5.89. The van der Waals surface area contributed by atoms with Crippen molar-refractivity contribution in [2.24, 2.45) is 11.8 Å². The summed E-state index contributed by atoms with van der Waals surface area (Å²) in [6, 6.07) is -0.260. The summed E-state index contributed by atoms with van der Waals surface area (Å²) in [6.45, 7) is 7.58. The molecule has 2 rings (SSSR count). The number of nitrogens with one attached hydrogen (secondary N) is 1. The van der Waals surface area contributed by atoms with E-state index in [2.05, 4.69) is 5.32 Å². The van der Waals surface area contributed by atoms with E-state index in [0.717, 1.165) is 51.4 Å². The summed E-state index contributed by atoms with van der Waals surface area (Å²) < 4.78 is 0. The van der Waals surface area contributed by atoms with Gasteiger partial charge < -0.3 is 15.1 Å². The number of nitrogens with zero attached hydrogens (tertiary/aromatic N) is 2. The molecule has 1 N–H and O–H groups in total. The highest BCUT2D eigenvalue weighted by Crippen LogP contribution is 2.25. The lowest BCUT2D eigenvalue weighted by Gasteiger charge is -2.38. The average molecular weight is 346 g/mol. The molecule has 0 aromatic carbocycles. The van der Waals surface area contributed by atoms with Crippen LogP contribution in [-0.4, -0.2) is 60.9 Å². The van der Waals surface area contributed by atoms with Gasteiger partial charge in [0.2, 0.25) is 11.8 Å². The van der Waals surface area contributed by atoms with E-state index in [-0.39, 0.29) is 36.2 Å². The minimum Gasteiger partial charge on any atom is -0.341 e. The van der Waals surface area contributed by atoms with Gasteiger partial charge in [-0.3, -0.25) is 9.59 Å². The van der Waals surface area contributed by atoms with Crippen LogP contribution in [-0.2, 0) is 9.59 Å². The molecule has 2 amide bonds. The molecule has 134 valence electrons. The van der Waals surface area contributed by atoms with Crippen LogP contribution in [0.4, 0.5) is 0 Å². The molecule has 0 radical (unpaired) electrons. The minimum atomic E-state index is -0.260. The van der Waals surface area contributed by atoms with Crippen LogP contribution in [0.15, 0.2) is 0 Å². The van der Waals surface area contributed by atoms with E-state index in [1.807, 2.05) is 30.7 Å². The Labute approximate surface area is 146 Å². The van der Waals surface area contributed by atoms with E-state index in [1.54, 1.807) is 0 Å². The standard InChI is InChI=1S/C17H31N3O2.ClH/c1-13(2)16(20-10-4-5-15(20)21)17(22)19-11-7-14(8-12-19)6-9-18-3;/h13-14,16,18H,4-12H2,1-3H3;1H. The zero-order chi connectivity index (χ0) is 16.1. The molecule has 2 heterocycles. The summed E-state index contributed by atoms with van der Waals surface area (Å²) in [6.07, 6.45) is 4.86. The van der Waals surface area contributed by atoms with Crippen LogP contribution >= 0.6 is 12.4 Å². The Balaban J connectivity index is 0.00000264. The summed E-state index contributed by atoms with van der Waals surface area (Å²) in [5.74, 6) is 1.22. The lowest BCUT2D eigenvalue weighted by Crippen LogP contribution is -2.53.